The van der Waals surface area contributed by atoms with Crippen LogP contribution in [0.1, 0.15) is 46.7 Å². The lowest BCUT2D eigenvalue weighted by molar-refractivity contribution is -0.113. The second-order valence-corrected chi connectivity index (χ2v) is 9.11. The molecule has 0 bridgehead atoms. The van der Waals surface area contributed by atoms with Gasteiger partial charge < -0.3 is 10.6 Å². The number of nitrogens with one attached hydrogen (secondary N) is 3. The van der Waals surface area contributed by atoms with Crippen molar-refractivity contribution in [3.8, 4) is 0 Å². The lowest BCUT2D eigenvalue weighted by atomic mass is 10.1. The maximum absolute atomic E-state index is 12.6. The molecule has 0 aliphatic heterocycles. The normalized spacial score (nSPS) is 14.2. The van der Waals surface area contributed by atoms with Gasteiger partial charge in [0.15, 0.2) is 0 Å². The van der Waals surface area contributed by atoms with E-state index >= 15 is 0 Å². The summed E-state index contributed by atoms with van der Waals surface area (Å²) in [6.45, 7) is 0. The quantitative estimate of drug-likeness (QED) is 0.438. The fourth-order valence-electron chi connectivity index (χ4n) is 3.38. The van der Waals surface area contributed by atoms with Gasteiger partial charge in [-0.2, -0.15) is 0 Å². The van der Waals surface area contributed by atoms with E-state index in [1.807, 2.05) is 29.7 Å². The van der Waals surface area contributed by atoms with Crippen molar-refractivity contribution in [1.82, 2.24) is 20.5 Å². The summed E-state index contributed by atoms with van der Waals surface area (Å²) >= 11 is 2.88. The van der Waals surface area contributed by atoms with Crippen LogP contribution in [0.4, 0.5) is 5.69 Å². The number of H-pyrrole nitrogens is 1. The molecule has 7 nitrogen and oxygen atoms in total. The number of hydrogen-bond donors (Lipinski definition) is 3. The molecule has 9 heteroatoms. The van der Waals surface area contributed by atoms with Gasteiger partial charge in [0.2, 0.25) is 11.1 Å². The molecular formula is C22H23N5O2S2. The van der Waals surface area contributed by atoms with Gasteiger partial charge in [-0.3, -0.25) is 14.7 Å². The van der Waals surface area contributed by atoms with Crippen molar-refractivity contribution in [3.05, 3.63) is 58.0 Å². The molecule has 2 aromatic heterocycles. The molecule has 1 aliphatic rings. The van der Waals surface area contributed by atoms with Gasteiger partial charge in [0.05, 0.1) is 17.0 Å². The molecule has 1 saturated carbocycles. The van der Waals surface area contributed by atoms with Crippen molar-refractivity contribution in [1.29, 1.82) is 0 Å². The Morgan fingerprint density at radius 2 is 2.00 bits per heavy atom. The van der Waals surface area contributed by atoms with Crippen LogP contribution in [0.5, 0.6) is 0 Å². The van der Waals surface area contributed by atoms with E-state index in [4.69, 9.17) is 0 Å². The third kappa shape index (κ3) is 6.05. The van der Waals surface area contributed by atoms with Gasteiger partial charge in [-0.1, -0.05) is 42.8 Å². The molecule has 1 aliphatic carbocycles. The zero-order chi connectivity index (χ0) is 21.5. The van der Waals surface area contributed by atoms with Crippen LogP contribution in [0.3, 0.4) is 0 Å². The fraction of sp³-hybridized carbons (Fsp3) is 0.273. The van der Waals surface area contributed by atoms with Crippen molar-refractivity contribution in [2.45, 2.75) is 36.9 Å². The predicted octanol–water partition coefficient (Wildman–Crippen LogP) is 4.44. The molecule has 31 heavy (non-hydrogen) atoms. The Morgan fingerprint density at radius 1 is 1.16 bits per heavy atom. The second kappa shape index (κ2) is 10.4. The minimum atomic E-state index is -0.216. The monoisotopic (exact) mass is 453 g/mol. The van der Waals surface area contributed by atoms with E-state index < -0.39 is 0 Å². The molecule has 160 valence electrons. The summed E-state index contributed by atoms with van der Waals surface area (Å²) in [7, 11) is 0. The SMILES string of the molecule is O=C(CSc1n[nH]c(/C=C/c2cccs2)n1)Nc1ccccc1C(=O)NC1CCCC1. The minimum Gasteiger partial charge on any atom is -0.349 e. The topological polar surface area (TPSA) is 99.8 Å². The Balaban J connectivity index is 1.30. The van der Waals surface area contributed by atoms with Crippen LogP contribution >= 0.6 is 23.1 Å². The number of aromatic nitrogens is 3. The average molecular weight is 454 g/mol. The zero-order valence-electron chi connectivity index (χ0n) is 16.8. The highest BCUT2D eigenvalue weighted by atomic mass is 32.2. The number of rotatable bonds is 8. The first kappa shape index (κ1) is 21.3. The third-order valence-corrected chi connectivity index (χ3v) is 6.58. The summed E-state index contributed by atoms with van der Waals surface area (Å²) in [5, 5.41) is 15.4. The maximum Gasteiger partial charge on any atom is 0.253 e. The van der Waals surface area contributed by atoms with Crippen LogP contribution in [0, 0.1) is 0 Å². The lowest BCUT2D eigenvalue weighted by Crippen LogP contribution is -2.33. The molecule has 3 N–H and O–H groups in total. The molecule has 1 aromatic carbocycles. The maximum atomic E-state index is 12.6. The van der Waals surface area contributed by atoms with Crippen molar-refractivity contribution in [3.63, 3.8) is 0 Å². The predicted molar refractivity (Wildman–Crippen MR) is 125 cm³/mol. The van der Waals surface area contributed by atoms with E-state index in [1.165, 1.54) is 11.8 Å². The zero-order valence-corrected chi connectivity index (χ0v) is 18.5. The number of thiophene rings is 1. The summed E-state index contributed by atoms with van der Waals surface area (Å²) < 4.78 is 0. The molecule has 4 rings (SSSR count). The fourth-order valence-corrected chi connectivity index (χ4v) is 4.61. The summed E-state index contributed by atoms with van der Waals surface area (Å²) in [6.07, 6.45) is 8.12. The molecule has 1 fully saturated rings. The lowest BCUT2D eigenvalue weighted by Gasteiger charge is -2.14. The molecule has 2 heterocycles. The molecule has 0 spiro atoms. The van der Waals surface area contributed by atoms with Gasteiger partial charge >= 0.3 is 0 Å². The third-order valence-electron chi connectivity index (χ3n) is 4.90. The van der Waals surface area contributed by atoms with E-state index in [1.54, 1.807) is 35.6 Å². The molecular weight excluding hydrogens is 430 g/mol. The number of amides is 2. The van der Waals surface area contributed by atoms with E-state index in [9.17, 15) is 9.59 Å². The van der Waals surface area contributed by atoms with Crippen LogP contribution in [0.2, 0.25) is 0 Å². The number of hydrogen-bond acceptors (Lipinski definition) is 6. The van der Waals surface area contributed by atoms with Crippen molar-refractivity contribution >= 4 is 52.8 Å². The van der Waals surface area contributed by atoms with Gasteiger partial charge in [-0.25, -0.2) is 4.98 Å². The second-order valence-electron chi connectivity index (χ2n) is 7.19. The first-order chi connectivity index (χ1) is 15.2. The molecule has 0 saturated heterocycles. The van der Waals surface area contributed by atoms with Crippen molar-refractivity contribution in [2.75, 3.05) is 11.1 Å². The number of carbonyl (C=O) groups is 2. The molecule has 0 radical (unpaired) electrons. The first-order valence-electron chi connectivity index (χ1n) is 10.1. The van der Waals surface area contributed by atoms with Gasteiger partial charge in [0.25, 0.3) is 5.91 Å². The Bertz CT molecular complexity index is 1060. The number of para-hydroxylation sites is 1. The summed E-state index contributed by atoms with van der Waals surface area (Å²) in [6, 6.07) is 11.3. The van der Waals surface area contributed by atoms with Crippen LogP contribution in [-0.4, -0.2) is 38.8 Å². The van der Waals surface area contributed by atoms with Crippen LogP contribution in [0.25, 0.3) is 12.2 Å². The van der Waals surface area contributed by atoms with E-state index in [2.05, 4.69) is 25.8 Å². The van der Waals surface area contributed by atoms with Gasteiger partial charge in [-0.05, 0) is 48.6 Å². The summed E-state index contributed by atoms with van der Waals surface area (Å²) in [5.41, 5.74) is 0.991. The van der Waals surface area contributed by atoms with Crippen LogP contribution in [-0.2, 0) is 4.79 Å². The first-order valence-corrected chi connectivity index (χ1v) is 12.0. The summed E-state index contributed by atoms with van der Waals surface area (Å²) in [4.78, 5) is 30.6. The van der Waals surface area contributed by atoms with Gasteiger partial charge in [0, 0.05) is 10.9 Å². The largest absolute Gasteiger partial charge is 0.349 e. The standard InChI is InChI=1S/C22H23N5O2S2/c28-20(14-31-22-25-19(26-27-22)12-11-16-8-5-13-30-16)24-18-10-4-3-9-17(18)21(29)23-15-6-1-2-7-15/h3-5,8-13,15H,1-2,6-7,14H2,(H,23,29)(H,24,28)(H,25,26,27)/b12-11+. The number of aromatic amines is 1. The minimum absolute atomic E-state index is 0.143. The highest BCUT2D eigenvalue weighted by molar-refractivity contribution is 7.99. The average Bonchev–Trinajstić information content (AvgIpc) is 3.54. The van der Waals surface area contributed by atoms with E-state index in [0.717, 1.165) is 30.6 Å². The van der Waals surface area contributed by atoms with Gasteiger partial charge in [-0.15, -0.1) is 16.4 Å². The Labute approximate surface area is 188 Å². The Kier molecular flexibility index (Phi) is 7.16. The number of anilines is 1. The number of thioether (sulfide) groups is 1. The molecule has 0 atom stereocenters. The Hall–Kier alpha value is -2.91. The van der Waals surface area contributed by atoms with Crippen molar-refractivity contribution < 1.29 is 9.59 Å². The van der Waals surface area contributed by atoms with E-state index in [0.29, 0.717) is 22.2 Å². The molecule has 0 unspecified atom stereocenters. The highest BCUT2D eigenvalue weighted by Gasteiger charge is 2.20. The smallest absolute Gasteiger partial charge is 0.253 e. The number of benzene rings is 1. The van der Waals surface area contributed by atoms with Crippen LogP contribution in [0.15, 0.2) is 46.9 Å². The number of nitrogens with zero attached hydrogens (tertiary/aromatic N) is 2. The molecule has 3 aromatic rings. The van der Waals surface area contributed by atoms with Crippen LogP contribution < -0.4 is 10.6 Å². The number of carbonyl (C=O) groups excluding carboxylic acids is 2. The van der Waals surface area contributed by atoms with Gasteiger partial charge in [0.1, 0.15) is 5.82 Å². The van der Waals surface area contributed by atoms with E-state index in [-0.39, 0.29) is 23.6 Å². The molecule has 2 amide bonds. The Morgan fingerprint density at radius 3 is 2.81 bits per heavy atom. The highest BCUT2D eigenvalue weighted by Crippen LogP contribution is 2.21. The summed E-state index contributed by atoms with van der Waals surface area (Å²) in [5.74, 6) is 0.410. The van der Waals surface area contributed by atoms with Crippen molar-refractivity contribution in [2.24, 2.45) is 0 Å².